The third kappa shape index (κ3) is 4.18. The van der Waals surface area contributed by atoms with Gasteiger partial charge in [-0.15, -0.1) is 0 Å². The van der Waals surface area contributed by atoms with Crippen molar-refractivity contribution in [1.82, 2.24) is 9.80 Å². The molecule has 0 atom stereocenters. The number of nitrogens with two attached hydrogens (primary N) is 1. The number of piperazine rings is 1. The topological polar surface area (TPSA) is 49.6 Å². The smallest absolute Gasteiger partial charge is 0.223 e. The van der Waals surface area contributed by atoms with Crippen LogP contribution < -0.4 is 5.73 Å². The van der Waals surface area contributed by atoms with Crippen molar-refractivity contribution < 1.29 is 4.79 Å². The zero-order valence-electron chi connectivity index (χ0n) is 9.74. The van der Waals surface area contributed by atoms with E-state index in [1.54, 1.807) is 0 Å². The number of carbonyl (C=O) groups excluding carboxylic acids is 1. The van der Waals surface area contributed by atoms with Crippen LogP contribution in [0.15, 0.2) is 0 Å². The highest BCUT2D eigenvalue weighted by atomic mass is 16.2. The van der Waals surface area contributed by atoms with Crippen molar-refractivity contribution in [3.8, 4) is 0 Å². The highest BCUT2D eigenvalue weighted by molar-refractivity contribution is 5.76. The predicted molar refractivity (Wildman–Crippen MR) is 61.6 cm³/mol. The van der Waals surface area contributed by atoms with Gasteiger partial charge in [0.25, 0.3) is 0 Å². The average molecular weight is 213 g/mol. The Morgan fingerprint density at radius 2 is 1.93 bits per heavy atom. The van der Waals surface area contributed by atoms with E-state index in [2.05, 4.69) is 11.8 Å². The van der Waals surface area contributed by atoms with Crippen LogP contribution in [0.2, 0.25) is 0 Å². The molecule has 1 aliphatic heterocycles. The van der Waals surface area contributed by atoms with E-state index in [1.807, 2.05) is 4.90 Å². The molecule has 1 fully saturated rings. The van der Waals surface area contributed by atoms with Gasteiger partial charge in [-0.3, -0.25) is 9.69 Å². The molecule has 1 amide bonds. The van der Waals surface area contributed by atoms with Crippen LogP contribution in [0.25, 0.3) is 0 Å². The molecule has 1 heterocycles. The maximum atomic E-state index is 11.5. The molecule has 0 saturated carbocycles. The van der Waals surface area contributed by atoms with Gasteiger partial charge >= 0.3 is 0 Å². The van der Waals surface area contributed by atoms with Crippen LogP contribution in [-0.2, 0) is 4.79 Å². The van der Waals surface area contributed by atoms with E-state index in [1.165, 1.54) is 19.4 Å². The molecule has 4 nitrogen and oxygen atoms in total. The van der Waals surface area contributed by atoms with Gasteiger partial charge in [-0.05, 0) is 13.0 Å². The fourth-order valence-corrected chi connectivity index (χ4v) is 1.88. The Kier molecular flexibility index (Phi) is 5.65. The van der Waals surface area contributed by atoms with Crippen molar-refractivity contribution >= 4 is 5.91 Å². The Bertz CT molecular complexity index is 188. The fraction of sp³-hybridized carbons (Fsp3) is 0.909. The Morgan fingerprint density at radius 3 is 2.47 bits per heavy atom. The molecule has 1 aliphatic rings. The molecule has 2 N–H and O–H groups in total. The van der Waals surface area contributed by atoms with Crippen molar-refractivity contribution in [2.45, 2.75) is 26.2 Å². The van der Waals surface area contributed by atoms with Crippen LogP contribution in [0.1, 0.15) is 26.2 Å². The molecular formula is C11H23N3O. The van der Waals surface area contributed by atoms with E-state index in [0.29, 0.717) is 13.0 Å². The molecule has 0 aliphatic carbocycles. The number of hydrogen-bond donors (Lipinski definition) is 1. The van der Waals surface area contributed by atoms with E-state index in [0.717, 1.165) is 26.2 Å². The molecule has 0 radical (unpaired) electrons. The number of unbranched alkanes of at least 4 members (excludes halogenated alkanes) is 1. The summed E-state index contributed by atoms with van der Waals surface area (Å²) in [6, 6.07) is 0. The maximum absolute atomic E-state index is 11.5. The second kappa shape index (κ2) is 6.80. The Hall–Kier alpha value is -0.610. The minimum absolute atomic E-state index is 0.215. The molecule has 0 spiro atoms. The fourth-order valence-electron chi connectivity index (χ4n) is 1.88. The second-order valence-electron chi connectivity index (χ2n) is 4.11. The third-order valence-electron chi connectivity index (χ3n) is 2.91. The zero-order chi connectivity index (χ0) is 11.1. The van der Waals surface area contributed by atoms with Gasteiger partial charge in [-0.1, -0.05) is 13.3 Å². The lowest BCUT2D eigenvalue weighted by molar-refractivity contribution is -0.132. The summed E-state index contributed by atoms with van der Waals surface area (Å²) in [5, 5.41) is 0. The molecule has 0 aromatic heterocycles. The molecular weight excluding hydrogens is 190 g/mol. The minimum Gasteiger partial charge on any atom is -0.340 e. The molecule has 88 valence electrons. The number of rotatable bonds is 5. The van der Waals surface area contributed by atoms with Gasteiger partial charge in [-0.25, -0.2) is 0 Å². The first-order valence-corrected chi connectivity index (χ1v) is 5.98. The third-order valence-corrected chi connectivity index (χ3v) is 2.91. The van der Waals surface area contributed by atoms with Crippen LogP contribution in [-0.4, -0.2) is 55.0 Å². The largest absolute Gasteiger partial charge is 0.340 e. The summed E-state index contributed by atoms with van der Waals surface area (Å²) >= 11 is 0. The van der Waals surface area contributed by atoms with Gasteiger partial charge in [0, 0.05) is 39.1 Å². The molecule has 0 unspecified atom stereocenters. The molecule has 0 aromatic carbocycles. The average Bonchev–Trinajstić information content (AvgIpc) is 2.27. The van der Waals surface area contributed by atoms with E-state index in [4.69, 9.17) is 5.73 Å². The lowest BCUT2D eigenvalue weighted by Gasteiger charge is -2.34. The first-order valence-electron chi connectivity index (χ1n) is 5.98. The predicted octanol–water partition coefficient (Wildman–Crippen LogP) is 0.280. The number of amides is 1. The van der Waals surface area contributed by atoms with E-state index < -0.39 is 0 Å². The molecule has 0 bridgehead atoms. The monoisotopic (exact) mass is 213 g/mol. The van der Waals surface area contributed by atoms with Crippen LogP contribution in [0.4, 0.5) is 0 Å². The van der Waals surface area contributed by atoms with Crippen LogP contribution >= 0.6 is 0 Å². The van der Waals surface area contributed by atoms with Crippen LogP contribution in [0.5, 0.6) is 0 Å². The summed E-state index contributed by atoms with van der Waals surface area (Å²) in [6.07, 6.45) is 3.00. The van der Waals surface area contributed by atoms with Gasteiger partial charge in [0.1, 0.15) is 0 Å². The highest BCUT2D eigenvalue weighted by Gasteiger charge is 2.19. The summed E-state index contributed by atoms with van der Waals surface area (Å²) in [4.78, 5) is 15.9. The summed E-state index contributed by atoms with van der Waals surface area (Å²) in [6.45, 7) is 7.66. The maximum Gasteiger partial charge on any atom is 0.223 e. The van der Waals surface area contributed by atoms with Crippen LogP contribution in [0.3, 0.4) is 0 Å². The van der Waals surface area contributed by atoms with Crippen molar-refractivity contribution in [2.24, 2.45) is 5.73 Å². The van der Waals surface area contributed by atoms with Gasteiger partial charge < -0.3 is 10.6 Å². The van der Waals surface area contributed by atoms with Gasteiger partial charge in [0.05, 0.1) is 0 Å². The Labute approximate surface area is 92.4 Å². The van der Waals surface area contributed by atoms with E-state index >= 15 is 0 Å². The second-order valence-corrected chi connectivity index (χ2v) is 4.11. The standard InChI is InChI=1S/C11H23N3O/c1-2-3-6-13-7-9-14(10-8-13)11(15)4-5-12/h2-10,12H2,1H3. The first kappa shape index (κ1) is 12.5. The molecule has 1 saturated heterocycles. The van der Waals surface area contributed by atoms with E-state index in [9.17, 15) is 4.79 Å². The van der Waals surface area contributed by atoms with Crippen molar-refractivity contribution in [1.29, 1.82) is 0 Å². The number of nitrogens with zero attached hydrogens (tertiary/aromatic N) is 2. The first-order chi connectivity index (χ1) is 7.27. The lowest BCUT2D eigenvalue weighted by atomic mass is 10.2. The molecule has 15 heavy (non-hydrogen) atoms. The molecule has 4 heteroatoms. The summed E-state index contributed by atoms with van der Waals surface area (Å²) in [5.74, 6) is 0.215. The van der Waals surface area contributed by atoms with Crippen LogP contribution in [0, 0.1) is 0 Å². The Morgan fingerprint density at radius 1 is 1.27 bits per heavy atom. The number of carbonyl (C=O) groups is 1. The van der Waals surface area contributed by atoms with Crippen molar-refractivity contribution in [2.75, 3.05) is 39.3 Å². The minimum atomic E-state index is 0.215. The quantitative estimate of drug-likeness (QED) is 0.713. The van der Waals surface area contributed by atoms with Crippen molar-refractivity contribution in [3.63, 3.8) is 0 Å². The van der Waals surface area contributed by atoms with E-state index in [-0.39, 0.29) is 5.91 Å². The number of hydrogen-bond acceptors (Lipinski definition) is 3. The SMILES string of the molecule is CCCCN1CCN(C(=O)CCN)CC1. The summed E-state index contributed by atoms with van der Waals surface area (Å²) in [5.41, 5.74) is 5.37. The van der Waals surface area contributed by atoms with Crippen molar-refractivity contribution in [3.05, 3.63) is 0 Å². The van der Waals surface area contributed by atoms with Gasteiger partial charge in [-0.2, -0.15) is 0 Å². The summed E-state index contributed by atoms with van der Waals surface area (Å²) < 4.78 is 0. The molecule has 0 aromatic rings. The van der Waals surface area contributed by atoms with Gasteiger partial charge in [0.15, 0.2) is 0 Å². The van der Waals surface area contributed by atoms with Gasteiger partial charge in [0.2, 0.25) is 5.91 Å². The lowest BCUT2D eigenvalue weighted by Crippen LogP contribution is -2.49. The highest BCUT2D eigenvalue weighted by Crippen LogP contribution is 2.04. The normalized spacial score (nSPS) is 18.1. The zero-order valence-corrected chi connectivity index (χ0v) is 9.74. The molecule has 1 rings (SSSR count). The summed E-state index contributed by atoms with van der Waals surface area (Å²) in [7, 11) is 0. The Balaban J connectivity index is 2.20.